The monoisotopic (exact) mass is 150 g/mol. The molecule has 1 amide bonds. The zero-order chi connectivity index (χ0) is 8.10. The van der Waals surface area contributed by atoms with Crippen molar-refractivity contribution in [2.24, 2.45) is 0 Å². The Morgan fingerprint density at radius 2 is 2.45 bits per heavy atom. The van der Waals surface area contributed by atoms with Crippen LogP contribution in [0.1, 0.15) is 12.5 Å². The highest BCUT2D eigenvalue weighted by Crippen LogP contribution is 2.03. The summed E-state index contributed by atoms with van der Waals surface area (Å²) in [7, 11) is 0. The van der Waals surface area contributed by atoms with Crippen molar-refractivity contribution in [3.05, 3.63) is 23.9 Å². The molecule has 0 saturated heterocycles. The molecular weight excluding hydrogens is 140 g/mol. The second-order valence-electron chi connectivity index (χ2n) is 2.17. The third-order valence-electron chi connectivity index (χ3n) is 1.44. The standard InChI is InChI=1S/C8H10N2O/c1-2-7-3-4-8(9-5-7)10-6-11/h3-6H,2H2,1H3,(H,9,10,11). The van der Waals surface area contributed by atoms with E-state index in [2.05, 4.69) is 17.2 Å². The maximum absolute atomic E-state index is 9.98. The molecule has 1 N–H and O–H groups in total. The largest absolute Gasteiger partial charge is 0.313 e. The van der Waals surface area contributed by atoms with Crippen LogP contribution in [0.4, 0.5) is 5.82 Å². The van der Waals surface area contributed by atoms with E-state index in [0.717, 1.165) is 6.42 Å². The minimum Gasteiger partial charge on any atom is -0.313 e. The van der Waals surface area contributed by atoms with Gasteiger partial charge < -0.3 is 5.32 Å². The fraction of sp³-hybridized carbons (Fsp3) is 0.250. The second kappa shape index (κ2) is 3.71. The van der Waals surface area contributed by atoms with Crippen LogP contribution < -0.4 is 5.32 Å². The number of carbonyl (C=O) groups excluding carboxylic acids is 1. The van der Waals surface area contributed by atoms with E-state index in [0.29, 0.717) is 12.2 Å². The number of amides is 1. The minimum atomic E-state index is 0.595. The van der Waals surface area contributed by atoms with Crippen molar-refractivity contribution in [2.45, 2.75) is 13.3 Å². The Balaban J connectivity index is 2.74. The number of hydrogen-bond acceptors (Lipinski definition) is 2. The van der Waals surface area contributed by atoms with Crippen LogP contribution in [-0.4, -0.2) is 11.4 Å². The van der Waals surface area contributed by atoms with Gasteiger partial charge >= 0.3 is 0 Å². The van der Waals surface area contributed by atoms with Crippen LogP contribution in [0.5, 0.6) is 0 Å². The first-order valence-corrected chi connectivity index (χ1v) is 3.52. The maximum Gasteiger partial charge on any atom is 0.212 e. The van der Waals surface area contributed by atoms with Gasteiger partial charge in [-0.15, -0.1) is 0 Å². The number of anilines is 1. The van der Waals surface area contributed by atoms with Gasteiger partial charge in [-0.25, -0.2) is 4.98 Å². The molecule has 1 rings (SSSR count). The Labute approximate surface area is 65.5 Å². The van der Waals surface area contributed by atoms with Crippen molar-refractivity contribution < 1.29 is 4.79 Å². The van der Waals surface area contributed by atoms with Crippen molar-refractivity contribution in [2.75, 3.05) is 5.32 Å². The van der Waals surface area contributed by atoms with Gasteiger partial charge in [0, 0.05) is 6.20 Å². The number of nitrogens with zero attached hydrogens (tertiary/aromatic N) is 1. The highest BCUT2D eigenvalue weighted by Gasteiger charge is 1.90. The molecular formula is C8H10N2O. The summed E-state index contributed by atoms with van der Waals surface area (Å²) in [5.74, 6) is 0.595. The summed E-state index contributed by atoms with van der Waals surface area (Å²) in [4.78, 5) is 14.0. The van der Waals surface area contributed by atoms with E-state index in [1.165, 1.54) is 5.56 Å². The Morgan fingerprint density at radius 1 is 1.64 bits per heavy atom. The third kappa shape index (κ3) is 2.04. The fourth-order valence-electron chi connectivity index (χ4n) is 0.779. The highest BCUT2D eigenvalue weighted by molar-refractivity contribution is 5.68. The number of hydrogen-bond donors (Lipinski definition) is 1. The second-order valence-corrected chi connectivity index (χ2v) is 2.17. The summed E-state index contributed by atoms with van der Waals surface area (Å²) in [6.45, 7) is 2.06. The number of rotatable bonds is 3. The predicted octanol–water partition coefficient (Wildman–Crippen LogP) is 1.21. The molecule has 0 aliphatic carbocycles. The summed E-state index contributed by atoms with van der Waals surface area (Å²) in [5, 5.41) is 2.47. The summed E-state index contributed by atoms with van der Waals surface area (Å²) in [5.41, 5.74) is 1.17. The van der Waals surface area contributed by atoms with Gasteiger partial charge in [0.1, 0.15) is 5.82 Å². The van der Waals surface area contributed by atoms with E-state index in [1.54, 1.807) is 12.3 Å². The van der Waals surface area contributed by atoms with Gasteiger partial charge in [0.15, 0.2) is 0 Å². The van der Waals surface area contributed by atoms with E-state index in [-0.39, 0.29) is 0 Å². The molecule has 3 heteroatoms. The van der Waals surface area contributed by atoms with Crippen molar-refractivity contribution in [1.82, 2.24) is 4.98 Å². The minimum absolute atomic E-state index is 0.595. The number of pyridine rings is 1. The molecule has 0 bridgehead atoms. The van der Waals surface area contributed by atoms with E-state index in [4.69, 9.17) is 0 Å². The quantitative estimate of drug-likeness (QED) is 0.658. The van der Waals surface area contributed by atoms with Crippen molar-refractivity contribution >= 4 is 12.2 Å². The summed E-state index contributed by atoms with van der Waals surface area (Å²) in [6.07, 6.45) is 3.34. The van der Waals surface area contributed by atoms with Crippen molar-refractivity contribution in [3.63, 3.8) is 0 Å². The zero-order valence-electron chi connectivity index (χ0n) is 6.37. The molecule has 0 fully saturated rings. The van der Waals surface area contributed by atoms with Gasteiger partial charge in [-0.3, -0.25) is 4.79 Å². The highest BCUT2D eigenvalue weighted by atomic mass is 16.1. The van der Waals surface area contributed by atoms with Gasteiger partial charge in [0.25, 0.3) is 0 Å². The lowest BCUT2D eigenvalue weighted by atomic mass is 10.2. The summed E-state index contributed by atoms with van der Waals surface area (Å²) >= 11 is 0. The lowest BCUT2D eigenvalue weighted by Gasteiger charge is -1.97. The smallest absolute Gasteiger partial charge is 0.212 e. The van der Waals surface area contributed by atoms with Crippen LogP contribution in [-0.2, 0) is 11.2 Å². The van der Waals surface area contributed by atoms with Crippen LogP contribution in [0, 0.1) is 0 Å². The number of carbonyl (C=O) groups is 1. The number of nitrogens with one attached hydrogen (secondary N) is 1. The van der Waals surface area contributed by atoms with Crippen LogP contribution in [0.25, 0.3) is 0 Å². The predicted molar refractivity (Wildman–Crippen MR) is 43.3 cm³/mol. The molecule has 0 aliphatic heterocycles. The normalized spacial score (nSPS) is 9.18. The van der Waals surface area contributed by atoms with E-state index >= 15 is 0 Å². The van der Waals surface area contributed by atoms with Crippen LogP contribution in [0.2, 0.25) is 0 Å². The zero-order valence-corrected chi connectivity index (χ0v) is 6.37. The Kier molecular flexibility index (Phi) is 2.60. The summed E-state index contributed by atoms with van der Waals surface area (Å²) < 4.78 is 0. The van der Waals surface area contributed by atoms with Gasteiger partial charge in [-0.2, -0.15) is 0 Å². The molecule has 3 nitrogen and oxygen atoms in total. The van der Waals surface area contributed by atoms with E-state index < -0.39 is 0 Å². The van der Waals surface area contributed by atoms with Crippen LogP contribution in [0.15, 0.2) is 18.3 Å². The molecule has 0 spiro atoms. The molecule has 1 aromatic rings. The number of aromatic nitrogens is 1. The average molecular weight is 150 g/mol. The average Bonchev–Trinajstić information content (AvgIpc) is 2.07. The molecule has 0 aromatic carbocycles. The van der Waals surface area contributed by atoms with Gasteiger partial charge in [0.2, 0.25) is 6.41 Å². The Hall–Kier alpha value is -1.38. The topological polar surface area (TPSA) is 42.0 Å². The van der Waals surface area contributed by atoms with Gasteiger partial charge in [-0.1, -0.05) is 13.0 Å². The SMILES string of the molecule is CCc1ccc(NC=O)nc1. The van der Waals surface area contributed by atoms with Gasteiger partial charge in [-0.05, 0) is 18.1 Å². The molecule has 0 atom stereocenters. The van der Waals surface area contributed by atoms with Crippen molar-refractivity contribution in [3.8, 4) is 0 Å². The first-order chi connectivity index (χ1) is 5.36. The third-order valence-corrected chi connectivity index (χ3v) is 1.44. The molecule has 1 heterocycles. The lowest BCUT2D eigenvalue weighted by molar-refractivity contribution is -0.105. The number of aryl methyl sites for hydroxylation is 1. The van der Waals surface area contributed by atoms with E-state index in [1.807, 2.05) is 6.07 Å². The molecule has 0 unspecified atom stereocenters. The first kappa shape index (κ1) is 7.72. The van der Waals surface area contributed by atoms with E-state index in [9.17, 15) is 4.79 Å². The van der Waals surface area contributed by atoms with Crippen LogP contribution in [0.3, 0.4) is 0 Å². The maximum atomic E-state index is 9.98. The molecule has 58 valence electrons. The Bertz CT molecular complexity index is 230. The lowest BCUT2D eigenvalue weighted by Crippen LogP contribution is -1.96. The Morgan fingerprint density at radius 3 is 2.91 bits per heavy atom. The molecule has 1 aromatic heterocycles. The van der Waals surface area contributed by atoms with Crippen molar-refractivity contribution in [1.29, 1.82) is 0 Å². The van der Waals surface area contributed by atoms with Gasteiger partial charge in [0.05, 0.1) is 0 Å². The molecule has 0 radical (unpaired) electrons. The summed E-state index contributed by atoms with van der Waals surface area (Å²) in [6, 6.07) is 3.73. The molecule has 0 aliphatic rings. The van der Waals surface area contributed by atoms with Crippen LogP contribution >= 0.6 is 0 Å². The molecule has 0 saturated carbocycles. The first-order valence-electron chi connectivity index (χ1n) is 3.52. The molecule has 11 heavy (non-hydrogen) atoms. The fourth-order valence-corrected chi connectivity index (χ4v) is 0.779.